The van der Waals surface area contributed by atoms with E-state index in [1.165, 1.54) is 33.4 Å². The maximum atomic E-state index is 4.54. The molecule has 2 nitrogen and oxygen atoms in total. The quantitative estimate of drug-likeness (QED) is 0.471. The Hall–Kier alpha value is -2.61. The van der Waals surface area contributed by atoms with Gasteiger partial charge in [-0.1, -0.05) is 74.9 Å². The summed E-state index contributed by atoms with van der Waals surface area (Å²) in [7, 11) is 0. The monoisotopic (exact) mass is 358 g/mol. The number of hydrogen-bond donors (Lipinski definition) is 1. The normalized spacial score (nSPS) is 14.4. The van der Waals surface area contributed by atoms with Crippen LogP contribution in [0.1, 0.15) is 55.0 Å². The highest BCUT2D eigenvalue weighted by atomic mass is 15.3. The van der Waals surface area contributed by atoms with Crippen molar-refractivity contribution in [3.63, 3.8) is 0 Å². The zero-order valence-corrected chi connectivity index (χ0v) is 17.4. The van der Waals surface area contributed by atoms with Gasteiger partial charge in [0.15, 0.2) is 0 Å². The Morgan fingerprint density at radius 2 is 1.67 bits per heavy atom. The van der Waals surface area contributed by atoms with Gasteiger partial charge in [0.1, 0.15) is 0 Å². The molecule has 0 radical (unpaired) electrons. The molecule has 2 heteroatoms. The molecule has 0 saturated heterocycles. The van der Waals surface area contributed by atoms with E-state index < -0.39 is 0 Å². The molecule has 0 heterocycles. The molecule has 0 saturated carbocycles. The van der Waals surface area contributed by atoms with Gasteiger partial charge in [0.05, 0.1) is 11.9 Å². The van der Waals surface area contributed by atoms with Crippen molar-refractivity contribution in [1.82, 2.24) is 0 Å². The molecule has 0 spiro atoms. The molecule has 1 aliphatic carbocycles. The van der Waals surface area contributed by atoms with Crippen molar-refractivity contribution in [2.45, 2.75) is 48.0 Å². The minimum absolute atomic E-state index is 0.187. The van der Waals surface area contributed by atoms with E-state index in [2.05, 4.69) is 101 Å². The number of aryl methyl sites for hydroxylation is 3. The fourth-order valence-electron chi connectivity index (χ4n) is 3.66. The van der Waals surface area contributed by atoms with Gasteiger partial charge in [0.25, 0.3) is 0 Å². The van der Waals surface area contributed by atoms with Crippen LogP contribution in [0.4, 0.5) is 5.69 Å². The molecule has 0 unspecified atom stereocenters. The van der Waals surface area contributed by atoms with Crippen molar-refractivity contribution in [3.8, 4) is 0 Å². The number of nitrogens with zero attached hydrogens (tertiary/aromatic N) is 1. The third-order valence-corrected chi connectivity index (χ3v) is 5.10. The lowest BCUT2D eigenvalue weighted by Crippen LogP contribution is -2.05. The summed E-state index contributed by atoms with van der Waals surface area (Å²) < 4.78 is 0. The van der Waals surface area contributed by atoms with Gasteiger partial charge in [0, 0.05) is 5.56 Å². The molecule has 1 N–H and O–H groups in total. The van der Waals surface area contributed by atoms with Crippen LogP contribution < -0.4 is 5.43 Å². The van der Waals surface area contributed by atoms with Crippen molar-refractivity contribution in [2.24, 2.45) is 10.5 Å². The molecule has 2 aromatic carbocycles. The van der Waals surface area contributed by atoms with Crippen LogP contribution in [0, 0.1) is 26.2 Å². The fraction of sp³-hybridized carbons (Fsp3) is 0.320. The number of benzene rings is 2. The average Bonchev–Trinajstić information content (AvgIpc) is 3.08. The Morgan fingerprint density at radius 3 is 2.30 bits per heavy atom. The molecule has 27 heavy (non-hydrogen) atoms. The van der Waals surface area contributed by atoms with Crippen LogP contribution in [0.2, 0.25) is 0 Å². The first-order chi connectivity index (χ1) is 12.8. The lowest BCUT2D eigenvalue weighted by atomic mass is 9.87. The van der Waals surface area contributed by atoms with E-state index >= 15 is 0 Å². The number of allylic oxidation sites excluding steroid dienone is 4. The standard InChI is InChI=1S/C25H30N2/c1-17-13-18(2)24(19(3)14-17)27-26-16-21-9-7-8-10-23(21)20-11-12-22(15-20)25(4,5)6/h7-10,12-16,27H,11H2,1-6H3. The summed E-state index contributed by atoms with van der Waals surface area (Å²) in [5, 5.41) is 4.54. The second kappa shape index (κ2) is 7.56. The van der Waals surface area contributed by atoms with Gasteiger partial charge in [-0.3, -0.25) is 5.43 Å². The lowest BCUT2D eigenvalue weighted by molar-refractivity contribution is 0.518. The smallest absolute Gasteiger partial charge is 0.0620 e. The summed E-state index contributed by atoms with van der Waals surface area (Å²) in [4.78, 5) is 0. The molecule has 0 aliphatic heterocycles. The first-order valence-corrected chi connectivity index (χ1v) is 9.63. The molecule has 140 valence electrons. The van der Waals surface area contributed by atoms with Crippen LogP contribution in [0.15, 0.2) is 59.2 Å². The fourth-order valence-corrected chi connectivity index (χ4v) is 3.66. The van der Waals surface area contributed by atoms with Gasteiger partial charge >= 0.3 is 0 Å². The number of anilines is 1. The highest BCUT2D eigenvalue weighted by Gasteiger charge is 2.20. The Bertz CT molecular complexity index is 914. The predicted octanol–water partition coefficient (Wildman–Crippen LogP) is 6.82. The van der Waals surface area contributed by atoms with Crippen molar-refractivity contribution < 1.29 is 0 Å². The third-order valence-electron chi connectivity index (χ3n) is 5.10. The van der Waals surface area contributed by atoms with Crippen molar-refractivity contribution in [3.05, 3.63) is 81.9 Å². The summed E-state index contributed by atoms with van der Waals surface area (Å²) in [5.41, 5.74) is 13.4. The first-order valence-electron chi connectivity index (χ1n) is 9.63. The molecule has 0 amide bonds. The van der Waals surface area contributed by atoms with Crippen LogP contribution in [0.3, 0.4) is 0 Å². The number of rotatable bonds is 4. The summed E-state index contributed by atoms with van der Waals surface area (Å²) >= 11 is 0. The average molecular weight is 359 g/mol. The molecular weight excluding hydrogens is 328 g/mol. The molecule has 0 atom stereocenters. The van der Waals surface area contributed by atoms with Crippen LogP contribution in [-0.4, -0.2) is 6.21 Å². The third kappa shape index (κ3) is 4.39. The van der Waals surface area contributed by atoms with E-state index in [0.717, 1.165) is 17.7 Å². The van der Waals surface area contributed by atoms with Gasteiger partial charge in [-0.25, -0.2) is 0 Å². The molecular formula is C25H30N2. The first kappa shape index (κ1) is 19.2. The van der Waals surface area contributed by atoms with Crippen molar-refractivity contribution >= 4 is 17.5 Å². The Labute approximate surface area is 163 Å². The van der Waals surface area contributed by atoms with Gasteiger partial charge in [0.2, 0.25) is 0 Å². The van der Waals surface area contributed by atoms with Gasteiger partial charge in [-0.15, -0.1) is 0 Å². The van der Waals surface area contributed by atoms with Crippen LogP contribution in [0.25, 0.3) is 5.57 Å². The molecule has 1 aliphatic rings. The van der Waals surface area contributed by atoms with Crippen LogP contribution in [-0.2, 0) is 0 Å². The van der Waals surface area contributed by atoms with Gasteiger partial charge in [-0.2, -0.15) is 5.10 Å². The van der Waals surface area contributed by atoms with Gasteiger partial charge in [-0.05, 0) is 60.4 Å². The van der Waals surface area contributed by atoms with Crippen LogP contribution in [0.5, 0.6) is 0 Å². The Morgan fingerprint density at radius 1 is 1.00 bits per heavy atom. The molecule has 0 bridgehead atoms. The Kier molecular flexibility index (Phi) is 5.36. The van der Waals surface area contributed by atoms with Gasteiger partial charge < -0.3 is 0 Å². The van der Waals surface area contributed by atoms with Crippen molar-refractivity contribution in [1.29, 1.82) is 0 Å². The maximum absolute atomic E-state index is 4.54. The summed E-state index contributed by atoms with van der Waals surface area (Å²) in [5.74, 6) is 0. The second-order valence-corrected chi connectivity index (χ2v) is 8.51. The maximum Gasteiger partial charge on any atom is 0.0620 e. The minimum Gasteiger partial charge on any atom is -0.278 e. The van der Waals surface area contributed by atoms with Crippen molar-refractivity contribution in [2.75, 3.05) is 5.43 Å². The molecule has 0 fully saturated rings. The van der Waals surface area contributed by atoms with Crippen LogP contribution >= 0.6 is 0 Å². The van der Waals surface area contributed by atoms with E-state index in [9.17, 15) is 0 Å². The number of nitrogens with one attached hydrogen (secondary N) is 1. The molecule has 2 aromatic rings. The summed E-state index contributed by atoms with van der Waals surface area (Å²) in [6, 6.07) is 12.9. The Balaban J connectivity index is 1.83. The zero-order valence-electron chi connectivity index (χ0n) is 17.4. The van der Waals surface area contributed by atoms with E-state index in [-0.39, 0.29) is 5.41 Å². The van der Waals surface area contributed by atoms with E-state index in [4.69, 9.17) is 0 Å². The second-order valence-electron chi connectivity index (χ2n) is 8.51. The predicted molar refractivity (Wildman–Crippen MR) is 118 cm³/mol. The lowest BCUT2D eigenvalue weighted by Gasteiger charge is -2.18. The van der Waals surface area contributed by atoms with E-state index in [1.54, 1.807) is 0 Å². The highest BCUT2D eigenvalue weighted by molar-refractivity contribution is 5.90. The SMILES string of the molecule is Cc1cc(C)c(NN=Cc2ccccc2C2=CC(C(C)(C)C)=CC2)c(C)c1. The number of hydrazone groups is 1. The molecule has 3 rings (SSSR count). The molecule has 0 aromatic heterocycles. The van der Waals surface area contributed by atoms with E-state index in [0.29, 0.717) is 0 Å². The topological polar surface area (TPSA) is 24.4 Å². The summed E-state index contributed by atoms with van der Waals surface area (Å²) in [6.45, 7) is 13.2. The zero-order chi connectivity index (χ0) is 19.6. The minimum atomic E-state index is 0.187. The number of hydrogen-bond acceptors (Lipinski definition) is 2. The largest absolute Gasteiger partial charge is 0.278 e. The highest BCUT2D eigenvalue weighted by Crippen LogP contribution is 2.37. The summed E-state index contributed by atoms with van der Waals surface area (Å²) in [6.07, 6.45) is 7.61. The van der Waals surface area contributed by atoms with E-state index in [1.807, 2.05) is 6.21 Å².